The highest BCUT2D eigenvalue weighted by molar-refractivity contribution is 5.92. The molecule has 0 spiro atoms. The van der Waals surface area contributed by atoms with Crippen LogP contribution >= 0.6 is 0 Å². The van der Waals surface area contributed by atoms with Crippen molar-refractivity contribution in [3.63, 3.8) is 0 Å². The lowest BCUT2D eigenvalue weighted by Gasteiger charge is -2.32. The molecule has 0 fully saturated rings. The van der Waals surface area contributed by atoms with Gasteiger partial charge in [0, 0.05) is 0 Å². The molecule has 2 aromatic rings. The van der Waals surface area contributed by atoms with Crippen LogP contribution in [0.25, 0.3) is 0 Å². The molecule has 25 heavy (non-hydrogen) atoms. The molecule has 3 rings (SSSR count). The predicted molar refractivity (Wildman–Crippen MR) is 85.9 cm³/mol. The van der Waals surface area contributed by atoms with E-state index < -0.39 is 23.9 Å². The van der Waals surface area contributed by atoms with Crippen LogP contribution < -0.4 is 9.64 Å². The lowest BCUT2D eigenvalue weighted by molar-refractivity contribution is 0.0688. The largest absolute Gasteiger partial charge is 0.476 e. The lowest BCUT2D eigenvalue weighted by atomic mass is 10.0. The molecule has 7 nitrogen and oxygen atoms in total. The van der Waals surface area contributed by atoms with Gasteiger partial charge in [0.15, 0.2) is 5.69 Å². The van der Waals surface area contributed by atoms with Gasteiger partial charge in [0.05, 0.1) is 6.04 Å². The van der Waals surface area contributed by atoms with E-state index in [1.54, 1.807) is 6.92 Å². The number of rotatable bonds is 3. The van der Waals surface area contributed by atoms with Crippen molar-refractivity contribution in [2.45, 2.75) is 19.4 Å². The molecule has 1 aromatic carbocycles. The minimum Gasteiger partial charge on any atom is -0.476 e. The summed E-state index contributed by atoms with van der Waals surface area (Å²) in [5.74, 6) is -1.67. The lowest BCUT2D eigenvalue weighted by Crippen LogP contribution is -2.44. The molecule has 1 aromatic heterocycles. The van der Waals surface area contributed by atoms with Gasteiger partial charge in [-0.1, -0.05) is 12.1 Å². The molecule has 0 saturated carbocycles. The molecule has 8 heteroatoms. The number of fused-ring (bicyclic) bond motifs is 1. The van der Waals surface area contributed by atoms with E-state index in [1.807, 2.05) is 0 Å². The number of hydrogen-bond acceptors (Lipinski definition) is 4. The van der Waals surface area contributed by atoms with Crippen LogP contribution in [0.2, 0.25) is 0 Å². The Balaban J connectivity index is 2.08. The number of pyridine rings is 1. The van der Waals surface area contributed by atoms with Gasteiger partial charge in [0.2, 0.25) is 5.88 Å². The normalized spacial score (nSPS) is 16.1. The number of carbonyl (C=O) groups is 2. The fraction of sp³-hybridized carbons (Fsp3) is 0.235. The molecule has 1 amide bonds. The molecule has 1 unspecified atom stereocenters. The number of halogens is 1. The Morgan fingerprint density at radius 2 is 2.00 bits per heavy atom. The molecule has 2 heterocycles. The van der Waals surface area contributed by atoms with E-state index >= 15 is 0 Å². The maximum atomic E-state index is 13.0. The average Bonchev–Trinajstić information content (AvgIpc) is 2.55. The number of carboxylic acid groups (broad SMARTS) is 2. The second kappa shape index (κ2) is 6.39. The van der Waals surface area contributed by atoms with E-state index in [4.69, 9.17) is 4.74 Å². The van der Waals surface area contributed by atoms with Gasteiger partial charge in [-0.3, -0.25) is 4.90 Å². The monoisotopic (exact) mass is 346 g/mol. The summed E-state index contributed by atoms with van der Waals surface area (Å²) in [6.45, 7) is 1.77. The van der Waals surface area contributed by atoms with Crippen LogP contribution in [0.3, 0.4) is 0 Å². The second-order valence-electron chi connectivity index (χ2n) is 5.74. The Kier molecular flexibility index (Phi) is 4.26. The number of amides is 1. The fourth-order valence-corrected chi connectivity index (χ4v) is 2.75. The van der Waals surface area contributed by atoms with Gasteiger partial charge in [0.1, 0.15) is 18.1 Å². The van der Waals surface area contributed by atoms with E-state index in [2.05, 4.69) is 4.98 Å². The molecule has 130 valence electrons. The van der Waals surface area contributed by atoms with Gasteiger partial charge in [-0.25, -0.2) is 19.0 Å². The van der Waals surface area contributed by atoms with E-state index in [0.717, 1.165) is 4.90 Å². The number of carboxylic acids is 1. The first-order valence-electron chi connectivity index (χ1n) is 7.53. The molecule has 0 radical (unpaired) electrons. The summed E-state index contributed by atoms with van der Waals surface area (Å²) in [6, 6.07) is 6.65. The standard InChI is InChI=1S/C17H15FN2O5/c1-9-8-25-15-13(20(9)17(23)24)7-11(14(19-15)16(21)22)6-10-2-4-12(18)5-3-10/h2-5,7,9H,6,8H2,1H3,(H,21,22)(H,23,24). The molecule has 1 aliphatic heterocycles. The first kappa shape index (κ1) is 16.7. The number of benzene rings is 1. The highest BCUT2D eigenvalue weighted by Crippen LogP contribution is 2.34. The second-order valence-corrected chi connectivity index (χ2v) is 5.74. The number of nitrogens with zero attached hydrogens (tertiary/aromatic N) is 2. The van der Waals surface area contributed by atoms with Gasteiger partial charge in [-0.15, -0.1) is 0 Å². The van der Waals surface area contributed by atoms with Crippen LogP contribution in [-0.2, 0) is 6.42 Å². The van der Waals surface area contributed by atoms with Crippen molar-refractivity contribution < 1.29 is 28.9 Å². The Hall–Kier alpha value is -3.16. The summed E-state index contributed by atoms with van der Waals surface area (Å²) in [7, 11) is 0. The van der Waals surface area contributed by atoms with Crippen LogP contribution in [0.1, 0.15) is 28.5 Å². The van der Waals surface area contributed by atoms with Crippen LogP contribution in [-0.4, -0.2) is 39.9 Å². The van der Waals surface area contributed by atoms with Crippen molar-refractivity contribution in [2.75, 3.05) is 11.5 Å². The molecular formula is C17H15FN2O5. The van der Waals surface area contributed by atoms with Crippen LogP contribution in [0.15, 0.2) is 30.3 Å². The van der Waals surface area contributed by atoms with Crippen molar-refractivity contribution in [3.05, 3.63) is 53.0 Å². The summed E-state index contributed by atoms with van der Waals surface area (Å²) in [5.41, 5.74) is 0.982. The Bertz CT molecular complexity index is 838. The number of anilines is 1. The van der Waals surface area contributed by atoms with Crippen molar-refractivity contribution in [3.8, 4) is 5.88 Å². The zero-order valence-electron chi connectivity index (χ0n) is 13.3. The Labute approximate surface area is 142 Å². The Morgan fingerprint density at radius 3 is 2.60 bits per heavy atom. The van der Waals surface area contributed by atoms with E-state index in [-0.39, 0.29) is 30.3 Å². The topological polar surface area (TPSA) is 100.0 Å². The molecule has 1 aliphatic rings. The van der Waals surface area contributed by atoms with Gasteiger partial charge in [-0.2, -0.15) is 0 Å². The predicted octanol–water partition coefficient (Wildman–Crippen LogP) is 2.78. The van der Waals surface area contributed by atoms with E-state index in [1.165, 1.54) is 30.3 Å². The summed E-state index contributed by atoms with van der Waals surface area (Å²) in [4.78, 5) is 28.2. The van der Waals surface area contributed by atoms with Crippen molar-refractivity contribution in [1.29, 1.82) is 0 Å². The van der Waals surface area contributed by atoms with E-state index in [0.29, 0.717) is 11.1 Å². The third-order valence-electron chi connectivity index (χ3n) is 3.93. The summed E-state index contributed by atoms with van der Waals surface area (Å²) in [5, 5.41) is 18.8. The van der Waals surface area contributed by atoms with Crippen LogP contribution in [0, 0.1) is 5.82 Å². The number of hydrogen-bond donors (Lipinski definition) is 2. The van der Waals surface area contributed by atoms with E-state index in [9.17, 15) is 24.2 Å². The molecule has 0 bridgehead atoms. The van der Waals surface area contributed by atoms with Gasteiger partial charge >= 0.3 is 12.1 Å². The minimum absolute atomic E-state index is 0.0271. The third-order valence-corrected chi connectivity index (χ3v) is 3.93. The molecule has 1 atom stereocenters. The molecular weight excluding hydrogens is 331 g/mol. The van der Waals surface area contributed by atoms with Gasteiger partial charge < -0.3 is 14.9 Å². The fourth-order valence-electron chi connectivity index (χ4n) is 2.75. The highest BCUT2D eigenvalue weighted by atomic mass is 19.1. The highest BCUT2D eigenvalue weighted by Gasteiger charge is 2.32. The zero-order valence-corrected chi connectivity index (χ0v) is 13.3. The number of aromatic carboxylic acids is 1. The first-order valence-corrected chi connectivity index (χ1v) is 7.53. The number of aromatic nitrogens is 1. The maximum absolute atomic E-state index is 13.0. The molecule has 0 aliphatic carbocycles. The quantitative estimate of drug-likeness (QED) is 0.886. The first-order chi connectivity index (χ1) is 11.9. The smallest absolute Gasteiger partial charge is 0.412 e. The minimum atomic E-state index is -1.25. The Morgan fingerprint density at radius 1 is 1.32 bits per heavy atom. The SMILES string of the molecule is CC1COc2nc(C(=O)O)c(Cc3ccc(F)cc3)cc2N1C(=O)O. The van der Waals surface area contributed by atoms with Gasteiger partial charge in [-0.05, 0) is 42.7 Å². The van der Waals surface area contributed by atoms with Crippen molar-refractivity contribution >= 4 is 17.7 Å². The van der Waals surface area contributed by atoms with Gasteiger partial charge in [0.25, 0.3) is 0 Å². The van der Waals surface area contributed by atoms with Crippen LogP contribution in [0.4, 0.5) is 14.9 Å². The van der Waals surface area contributed by atoms with Crippen molar-refractivity contribution in [2.24, 2.45) is 0 Å². The summed E-state index contributed by atoms with van der Waals surface area (Å²) >= 11 is 0. The number of ether oxygens (including phenoxy) is 1. The van der Waals surface area contributed by atoms with Crippen molar-refractivity contribution in [1.82, 2.24) is 4.98 Å². The maximum Gasteiger partial charge on any atom is 0.412 e. The summed E-state index contributed by atoms with van der Waals surface area (Å²) in [6.07, 6.45) is -1.00. The third kappa shape index (κ3) is 3.23. The average molecular weight is 346 g/mol. The van der Waals surface area contributed by atoms with Crippen LogP contribution in [0.5, 0.6) is 5.88 Å². The zero-order chi connectivity index (χ0) is 18.1. The summed E-state index contributed by atoms with van der Waals surface area (Å²) < 4.78 is 18.4. The molecule has 0 saturated heterocycles. The molecule has 2 N–H and O–H groups in total.